The van der Waals surface area contributed by atoms with E-state index in [0.29, 0.717) is 23.9 Å². The lowest BCUT2D eigenvalue weighted by Gasteiger charge is -2.12. The first-order valence-corrected chi connectivity index (χ1v) is 7.36. The predicted molar refractivity (Wildman–Crippen MR) is 76.9 cm³/mol. The van der Waals surface area contributed by atoms with Gasteiger partial charge in [-0.3, -0.25) is 5.32 Å². The Morgan fingerprint density at radius 1 is 1.35 bits per heavy atom. The first-order chi connectivity index (χ1) is 9.42. The van der Waals surface area contributed by atoms with E-state index in [1.807, 2.05) is 6.92 Å². The normalized spacial score (nSPS) is 12.2. The van der Waals surface area contributed by atoms with Gasteiger partial charge in [0.05, 0.1) is 0 Å². The zero-order valence-electron chi connectivity index (χ0n) is 11.8. The lowest BCUT2D eigenvalue weighted by molar-refractivity contribution is -0.139. The summed E-state index contributed by atoms with van der Waals surface area (Å²) in [7, 11) is 0. The van der Waals surface area contributed by atoms with Gasteiger partial charge in [0.15, 0.2) is 0 Å². The van der Waals surface area contributed by atoms with Gasteiger partial charge >= 0.3 is 12.0 Å². The predicted octanol–water partition coefficient (Wildman–Crippen LogP) is 2.11. The summed E-state index contributed by atoms with van der Waals surface area (Å²) in [5.74, 6) is -0.578. The third kappa shape index (κ3) is 5.52. The summed E-state index contributed by atoms with van der Waals surface area (Å²) in [6, 6.07) is -1.46. The van der Waals surface area contributed by atoms with E-state index in [1.54, 1.807) is 0 Å². The molecule has 7 nitrogen and oxygen atoms in total. The Kier molecular flexibility index (Phi) is 6.37. The summed E-state index contributed by atoms with van der Waals surface area (Å²) in [4.78, 5) is 22.6. The first-order valence-electron chi connectivity index (χ1n) is 6.55. The third-order valence-corrected chi connectivity index (χ3v) is 3.31. The summed E-state index contributed by atoms with van der Waals surface area (Å²) in [6.07, 6.45) is 1.86. The number of carbonyl (C=O) groups excluding carboxylic acids is 1. The van der Waals surface area contributed by atoms with Crippen molar-refractivity contribution in [1.82, 2.24) is 15.5 Å². The maximum Gasteiger partial charge on any atom is 0.326 e. The van der Waals surface area contributed by atoms with Gasteiger partial charge in [-0.15, -0.1) is 10.2 Å². The van der Waals surface area contributed by atoms with Crippen LogP contribution in [0.1, 0.15) is 38.6 Å². The average molecular weight is 300 g/mol. The highest BCUT2D eigenvalue weighted by Gasteiger charge is 2.19. The molecule has 20 heavy (non-hydrogen) atoms. The molecule has 0 aliphatic carbocycles. The van der Waals surface area contributed by atoms with Crippen molar-refractivity contribution in [2.45, 2.75) is 46.1 Å². The van der Waals surface area contributed by atoms with Crippen molar-refractivity contribution < 1.29 is 14.7 Å². The number of hydrogen-bond acceptors (Lipinski definition) is 5. The molecule has 2 amide bonds. The van der Waals surface area contributed by atoms with E-state index in [0.717, 1.165) is 11.4 Å². The molecule has 0 saturated carbocycles. The Bertz CT molecular complexity index is 461. The maximum atomic E-state index is 11.7. The number of carboxylic acids is 1. The van der Waals surface area contributed by atoms with Gasteiger partial charge in [-0.25, -0.2) is 9.59 Å². The molecule has 0 saturated heterocycles. The summed E-state index contributed by atoms with van der Waals surface area (Å²) < 4.78 is 0. The zero-order chi connectivity index (χ0) is 15.1. The van der Waals surface area contributed by atoms with E-state index in [4.69, 9.17) is 5.11 Å². The molecule has 1 atom stereocenters. The van der Waals surface area contributed by atoms with E-state index in [9.17, 15) is 9.59 Å². The number of nitrogens with one attached hydrogen (secondary N) is 2. The molecule has 1 aromatic heterocycles. The van der Waals surface area contributed by atoms with Crippen LogP contribution in [0.5, 0.6) is 0 Å². The zero-order valence-corrected chi connectivity index (χ0v) is 12.7. The van der Waals surface area contributed by atoms with Gasteiger partial charge in [0, 0.05) is 6.42 Å². The minimum absolute atomic E-state index is 0.374. The molecule has 0 unspecified atom stereocenters. The molecule has 3 N–H and O–H groups in total. The lowest BCUT2D eigenvalue weighted by atomic mass is 10.1. The van der Waals surface area contributed by atoms with Crippen molar-refractivity contribution in [2.75, 3.05) is 5.32 Å². The topological polar surface area (TPSA) is 104 Å². The summed E-state index contributed by atoms with van der Waals surface area (Å²) in [5, 5.41) is 22.9. The minimum atomic E-state index is -1.04. The highest BCUT2D eigenvalue weighted by molar-refractivity contribution is 7.15. The van der Waals surface area contributed by atoms with Crippen molar-refractivity contribution in [2.24, 2.45) is 5.92 Å². The van der Waals surface area contributed by atoms with Crippen LogP contribution in [0.3, 0.4) is 0 Å². The van der Waals surface area contributed by atoms with E-state index < -0.39 is 18.0 Å². The van der Waals surface area contributed by atoms with Crippen LogP contribution in [0.2, 0.25) is 0 Å². The van der Waals surface area contributed by atoms with E-state index in [-0.39, 0.29) is 0 Å². The largest absolute Gasteiger partial charge is 0.480 e. The second-order valence-corrected chi connectivity index (χ2v) is 5.94. The monoisotopic (exact) mass is 300 g/mol. The van der Waals surface area contributed by atoms with Crippen molar-refractivity contribution in [1.29, 1.82) is 0 Å². The molecule has 1 rings (SSSR count). The fraction of sp³-hybridized carbons (Fsp3) is 0.667. The second kappa shape index (κ2) is 7.78. The van der Waals surface area contributed by atoms with Crippen LogP contribution >= 0.6 is 11.3 Å². The third-order valence-electron chi connectivity index (χ3n) is 2.45. The molecule has 8 heteroatoms. The van der Waals surface area contributed by atoms with Gasteiger partial charge < -0.3 is 10.4 Å². The van der Waals surface area contributed by atoms with Crippen molar-refractivity contribution in [3.8, 4) is 0 Å². The Morgan fingerprint density at radius 3 is 2.60 bits per heavy atom. The van der Waals surface area contributed by atoms with E-state index >= 15 is 0 Å². The van der Waals surface area contributed by atoms with Crippen molar-refractivity contribution >= 4 is 28.5 Å². The molecule has 0 spiro atoms. The summed E-state index contributed by atoms with van der Waals surface area (Å²) >= 11 is 1.30. The highest BCUT2D eigenvalue weighted by atomic mass is 32.1. The minimum Gasteiger partial charge on any atom is -0.480 e. The highest BCUT2D eigenvalue weighted by Crippen LogP contribution is 2.18. The SMILES string of the molecule is CCC[C@H](NC(=O)Nc1nnc(CC(C)C)s1)C(=O)O. The van der Waals surface area contributed by atoms with Gasteiger partial charge in [-0.05, 0) is 12.3 Å². The Morgan fingerprint density at radius 2 is 2.05 bits per heavy atom. The van der Waals surface area contributed by atoms with E-state index in [2.05, 4.69) is 34.7 Å². The number of anilines is 1. The molecule has 0 radical (unpaired) electrons. The number of carboxylic acid groups (broad SMARTS) is 1. The smallest absolute Gasteiger partial charge is 0.326 e. The fourth-order valence-corrected chi connectivity index (χ4v) is 2.52. The van der Waals surface area contributed by atoms with Crippen LogP contribution in [-0.2, 0) is 11.2 Å². The number of amides is 2. The van der Waals surface area contributed by atoms with Crippen LogP contribution in [0.25, 0.3) is 0 Å². The van der Waals surface area contributed by atoms with Gasteiger partial charge in [0.25, 0.3) is 0 Å². The molecule has 112 valence electrons. The Labute approximate surface area is 121 Å². The fourth-order valence-electron chi connectivity index (χ4n) is 1.57. The summed E-state index contributed by atoms with van der Waals surface area (Å²) in [5.41, 5.74) is 0. The Hall–Kier alpha value is -1.70. The molecule has 1 aromatic rings. The quantitative estimate of drug-likeness (QED) is 0.715. The standard InChI is InChI=1S/C12H20N4O3S/c1-4-5-8(10(17)18)13-11(19)14-12-16-15-9(20-12)6-7(2)3/h7-8H,4-6H2,1-3H3,(H,17,18)(H2,13,14,16,19)/t8-/m0/s1. The molecule has 0 aromatic carbocycles. The number of aromatic nitrogens is 2. The van der Waals surface area contributed by atoms with Crippen LogP contribution < -0.4 is 10.6 Å². The number of carbonyl (C=O) groups is 2. The molecular weight excluding hydrogens is 280 g/mol. The van der Waals surface area contributed by atoms with Crippen molar-refractivity contribution in [3.63, 3.8) is 0 Å². The van der Waals surface area contributed by atoms with Gasteiger partial charge in [-0.1, -0.05) is 38.5 Å². The molecule has 0 aliphatic heterocycles. The number of nitrogens with zero attached hydrogens (tertiary/aromatic N) is 2. The maximum absolute atomic E-state index is 11.7. The van der Waals surface area contributed by atoms with Gasteiger partial charge in [0.1, 0.15) is 11.0 Å². The van der Waals surface area contributed by atoms with Gasteiger partial charge in [-0.2, -0.15) is 0 Å². The second-order valence-electron chi connectivity index (χ2n) is 4.88. The number of aliphatic carboxylic acids is 1. The molecule has 0 fully saturated rings. The van der Waals surface area contributed by atoms with Crippen LogP contribution in [0.4, 0.5) is 9.93 Å². The summed E-state index contributed by atoms with van der Waals surface area (Å²) in [6.45, 7) is 6.01. The van der Waals surface area contributed by atoms with Crippen LogP contribution in [0.15, 0.2) is 0 Å². The lowest BCUT2D eigenvalue weighted by Crippen LogP contribution is -2.42. The molecular formula is C12H20N4O3S. The molecule has 0 aliphatic rings. The van der Waals surface area contributed by atoms with Gasteiger partial charge in [0.2, 0.25) is 5.13 Å². The average Bonchev–Trinajstić information content (AvgIpc) is 2.74. The number of rotatable bonds is 7. The number of urea groups is 1. The van der Waals surface area contributed by atoms with Crippen LogP contribution in [0, 0.1) is 5.92 Å². The molecule has 1 heterocycles. The number of hydrogen-bond donors (Lipinski definition) is 3. The van der Waals surface area contributed by atoms with Crippen molar-refractivity contribution in [3.05, 3.63) is 5.01 Å². The Balaban J connectivity index is 2.52. The molecule has 0 bridgehead atoms. The van der Waals surface area contributed by atoms with Crippen LogP contribution in [-0.4, -0.2) is 33.3 Å². The first kappa shape index (κ1) is 16.4. The van der Waals surface area contributed by atoms with E-state index in [1.165, 1.54) is 11.3 Å².